The Bertz CT molecular complexity index is 1100. The van der Waals surface area contributed by atoms with Crippen molar-refractivity contribution >= 4 is 40.9 Å². The number of methoxy groups -OCH3 is 1. The Morgan fingerprint density at radius 1 is 1.34 bits per heavy atom. The highest BCUT2D eigenvalue weighted by atomic mass is 35.5. The first-order valence-electron chi connectivity index (χ1n) is 10.8. The maximum atomic E-state index is 13.1. The quantitative estimate of drug-likeness (QED) is 0.631. The first-order valence-corrected chi connectivity index (χ1v) is 11.1. The molecule has 2 aliphatic rings. The Kier molecular flexibility index (Phi) is 6.36. The van der Waals surface area contributed by atoms with Gasteiger partial charge in [-0.05, 0) is 43.9 Å². The average molecular weight is 460 g/mol. The van der Waals surface area contributed by atoms with Crippen molar-refractivity contribution in [1.29, 1.82) is 0 Å². The highest BCUT2D eigenvalue weighted by Gasteiger charge is 2.36. The van der Waals surface area contributed by atoms with Crippen molar-refractivity contribution in [2.45, 2.75) is 51.0 Å². The number of nitrogens with one attached hydrogen (secondary N) is 3. The summed E-state index contributed by atoms with van der Waals surface area (Å²) in [5.74, 6) is -0.884. The molecule has 0 radical (unpaired) electrons. The third kappa shape index (κ3) is 4.29. The molecule has 2 aromatic rings. The fourth-order valence-corrected chi connectivity index (χ4v) is 4.59. The van der Waals surface area contributed by atoms with Gasteiger partial charge in [0.05, 0.1) is 24.3 Å². The van der Waals surface area contributed by atoms with Crippen molar-refractivity contribution in [3.05, 3.63) is 39.1 Å². The molecule has 2 aliphatic heterocycles. The number of H-pyrrole nitrogens is 1. The molecular weight excluding hydrogens is 434 g/mol. The SMILES string of the molecule is CC[C@@H]1CCCCN1c1nc2c(c(=O)[nH]1)[C@H](C(=O)Nc1cc(Cl)ccc1OC)CC(=O)N2. The van der Waals surface area contributed by atoms with Crippen molar-refractivity contribution in [3.8, 4) is 5.75 Å². The van der Waals surface area contributed by atoms with E-state index in [2.05, 4.69) is 32.4 Å². The summed E-state index contributed by atoms with van der Waals surface area (Å²) in [5, 5.41) is 5.82. The van der Waals surface area contributed by atoms with Gasteiger partial charge in [0.2, 0.25) is 17.8 Å². The minimum absolute atomic E-state index is 0.138. The van der Waals surface area contributed by atoms with Gasteiger partial charge in [-0.25, -0.2) is 0 Å². The predicted molar refractivity (Wildman–Crippen MR) is 123 cm³/mol. The van der Waals surface area contributed by atoms with Crippen molar-refractivity contribution in [1.82, 2.24) is 9.97 Å². The number of aromatic nitrogens is 2. The van der Waals surface area contributed by atoms with Crippen LogP contribution in [0.5, 0.6) is 5.75 Å². The third-order valence-electron chi connectivity index (χ3n) is 6.04. The van der Waals surface area contributed by atoms with Crippen molar-refractivity contribution in [2.24, 2.45) is 0 Å². The van der Waals surface area contributed by atoms with E-state index in [1.807, 2.05) is 0 Å². The van der Waals surface area contributed by atoms with Gasteiger partial charge in [0.25, 0.3) is 5.56 Å². The number of carbonyl (C=O) groups is 2. The number of fused-ring (bicyclic) bond motifs is 1. The van der Waals surface area contributed by atoms with Gasteiger partial charge < -0.3 is 20.3 Å². The van der Waals surface area contributed by atoms with Crippen molar-refractivity contribution in [2.75, 3.05) is 29.2 Å². The molecule has 0 spiro atoms. The molecule has 1 aromatic heterocycles. The Balaban J connectivity index is 1.67. The van der Waals surface area contributed by atoms with Gasteiger partial charge in [0.1, 0.15) is 11.6 Å². The Morgan fingerprint density at radius 3 is 2.91 bits per heavy atom. The highest BCUT2D eigenvalue weighted by Crippen LogP contribution is 2.33. The number of piperidine rings is 1. The van der Waals surface area contributed by atoms with Crippen molar-refractivity contribution in [3.63, 3.8) is 0 Å². The molecule has 170 valence electrons. The molecule has 3 heterocycles. The molecule has 9 nitrogen and oxygen atoms in total. The van der Waals surface area contributed by atoms with E-state index in [1.54, 1.807) is 18.2 Å². The molecule has 1 saturated heterocycles. The normalized spacial score (nSPS) is 20.3. The standard InChI is InChI=1S/C22H26ClN5O4/c1-3-13-6-4-5-9-28(13)22-26-19-18(21(31)27-22)14(11-17(29)25-19)20(30)24-15-10-12(23)7-8-16(15)32-2/h7-8,10,13-14H,3-6,9,11H2,1-2H3,(H,24,30)(H2,25,26,27,29,31)/t13-,14-/m1/s1. The fourth-order valence-electron chi connectivity index (χ4n) is 4.42. The Morgan fingerprint density at radius 2 is 2.16 bits per heavy atom. The molecule has 1 fully saturated rings. The summed E-state index contributed by atoms with van der Waals surface area (Å²) in [6, 6.07) is 5.09. The number of hydrogen-bond acceptors (Lipinski definition) is 6. The van der Waals surface area contributed by atoms with Crippen molar-refractivity contribution < 1.29 is 14.3 Å². The Hall–Kier alpha value is -3.07. The van der Waals surface area contributed by atoms with Gasteiger partial charge in [-0.15, -0.1) is 0 Å². The van der Waals surface area contributed by atoms with Gasteiger partial charge in [-0.1, -0.05) is 18.5 Å². The van der Waals surface area contributed by atoms with Gasteiger partial charge >= 0.3 is 0 Å². The van der Waals surface area contributed by atoms with Crippen LogP contribution in [-0.2, 0) is 9.59 Å². The molecule has 0 saturated carbocycles. The van der Waals surface area contributed by atoms with Gasteiger partial charge in [-0.2, -0.15) is 4.98 Å². The molecule has 2 atom stereocenters. The molecule has 1 aromatic carbocycles. The molecule has 4 rings (SSSR count). The second kappa shape index (κ2) is 9.20. The van der Waals surface area contributed by atoms with Crippen LogP contribution in [0.15, 0.2) is 23.0 Å². The van der Waals surface area contributed by atoms with E-state index in [0.29, 0.717) is 22.4 Å². The van der Waals surface area contributed by atoms with E-state index in [0.717, 1.165) is 32.2 Å². The van der Waals surface area contributed by atoms with Gasteiger partial charge in [0, 0.05) is 24.0 Å². The number of anilines is 3. The van der Waals surface area contributed by atoms with Crippen LogP contribution in [0.2, 0.25) is 5.02 Å². The van der Waals surface area contributed by atoms with E-state index in [4.69, 9.17) is 16.3 Å². The summed E-state index contributed by atoms with van der Waals surface area (Å²) in [5.41, 5.74) is 0.0817. The molecule has 2 amide bonds. The zero-order valence-electron chi connectivity index (χ0n) is 18.0. The number of aromatic amines is 1. The van der Waals surface area contributed by atoms with E-state index in [1.165, 1.54) is 7.11 Å². The van der Waals surface area contributed by atoms with Crippen LogP contribution in [0.3, 0.4) is 0 Å². The topological polar surface area (TPSA) is 116 Å². The monoisotopic (exact) mass is 459 g/mol. The van der Waals surface area contributed by atoms with E-state index in [-0.39, 0.29) is 29.8 Å². The van der Waals surface area contributed by atoms with Crippen LogP contribution in [0.25, 0.3) is 0 Å². The predicted octanol–water partition coefficient (Wildman–Crippen LogP) is 3.27. The zero-order chi connectivity index (χ0) is 22.8. The fraction of sp³-hybridized carbons (Fsp3) is 0.455. The number of amides is 2. The molecular formula is C22H26ClN5O4. The number of carbonyl (C=O) groups excluding carboxylic acids is 2. The van der Waals surface area contributed by atoms with Crippen LogP contribution < -0.4 is 25.8 Å². The minimum Gasteiger partial charge on any atom is -0.495 e. The number of rotatable bonds is 5. The summed E-state index contributed by atoms with van der Waals surface area (Å²) >= 11 is 6.05. The summed E-state index contributed by atoms with van der Waals surface area (Å²) in [6.45, 7) is 2.89. The molecule has 3 N–H and O–H groups in total. The summed E-state index contributed by atoms with van der Waals surface area (Å²) in [6.07, 6.45) is 3.94. The van der Waals surface area contributed by atoms with Crippen LogP contribution in [-0.4, -0.2) is 41.5 Å². The first kappa shape index (κ1) is 22.1. The van der Waals surface area contributed by atoms with Gasteiger partial charge in [-0.3, -0.25) is 19.4 Å². The lowest BCUT2D eigenvalue weighted by Gasteiger charge is -2.36. The number of hydrogen-bond donors (Lipinski definition) is 3. The van der Waals surface area contributed by atoms with Crippen LogP contribution in [0.1, 0.15) is 50.5 Å². The van der Waals surface area contributed by atoms with Crippen LogP contribution >= 0.6 is 11.6 Å². The molecule has 0 aliphatic carbocycles. The number of halogens is 1. The average Bonchev–Trinajstić information content (AvgIpc) is 2.78. The van der Waals surface area contributed by atoms with Crippen LogP contribution in [0, 0.1) is 0 Å². The molecule has 10 heteroatoms. The minimum atomic E-state index is -0.990. The Labute approximate surface area is 190 Å². The van der Waals surface area contributed by atoms with E-state index < -0.39 is 17.4 Å². The number of ether oxygens (including phenoxy) is 1. The lowest BCUT2D eigenvalue weighted by Crippen LogP contribution is -2.43. The second-order valence-corrected chi connectivity index (χ2v) is 8.48. The molecule has 0 bridgehead atoms. The summed E-state index contributed by atoms with van der Waals surface area (Å²) in [7, 11) is 1.47. The largest absolute Gasteiger partial charge is 0.495 e. The first-order chi connectivity index (χ1) is 15.4. The maximum absolute atomic E-state index is 13.1. The highest BCUT2D eigenvalue weighted by molar-refractivity contribution is 6.31. The summed E-state index contributed by atoms with van der Waals surface area (Å²) in [4.78, 5) is 48.0. The number of nitrogens with zero attached hydrogens (tertiary/aromatic N) is 2. The third-order valence-corrected chi connectivity index (χ3v) is 6.28. The van der Waals surface area contributed by atoms with Gasteiger partial charge in [0.15, 0.2) is 0 Å². The second-order valence-electron chi connectivity index (χ2n) is 8.04. The smallest absolute Gasteiger partial charge is 0.258 e. The maximum Gasteiger partial charge on any atom is 0.258 e. The zero-order valence-corrected chi connectivity index (χ0v) is 18.8. The van der Waals surface area contributed by atoms with Crippen LogP contribution in [0.4, 0.5) is 17.5 Å². The van der Waals surface area contributed by atoms with E-state index in [9.17, 15) is 14.4 Å². The molecule has 32 heavy (non-hydrogen) atoms. The lowest BCUT2D eigenvalue weighted by molar-refractivity contribution is -0.123. The number of benzene rings is 1. The summed E-state index contributed by atoms with van der Waals surface area (Å²) < 4.78 is 5.27. The molecule has 0 unspecified atom stereocenters. The lowest BCUT2D eigenvalue weighted by atomic mass is 9.92. The van der Waals surface area contributed by atoms with E-state index >= 15 is 0 Å².